The molecule has 2 nitrogen and oxygen atoms in total. The minimum atomic E-state index is 1.11. The van der Waals surface area contributed by atoms with Gasteiger partial charge < -0.3 is 9.47 Å². The molecule has 11 aromatic rings. The van der Waals surface area contributed by atoms with Gasteiger partial charge in [0, 0.05) is 53.6 Å². The number of para-hydroxylation sites is 3. The fourth-order valence-corrected chi connectivity index (χ4v) is 9.56. The molecule has 2 heterocycles. The lowest BCUT2D eigenvalue weighted by Gasteiger charge is -2.28. The number of hydrogen-bond donors (Lipinski definition) is 0. The molecule has 0 N–H and O–H groups in total. The second-order valence-electron chi connectivity index (χ2n) is 14.1. The van der Waals surface area contributed by atoms with Crippen molar-refractivity contribution in [3.8, 4) is 27.9 Å². The molecule has 3 heteroatoms. The SMILES string of the molecule is c1ccc(-c2ccc(N(c3ccccc3)c3ccccc3-c3ccc4c(c3)c3cc5c(ccc6sc7ccccc7c65)cc3n4-c3ccccc3)cc2)cc1. The zero-order chi connectivity index (χ0) is 36.3. The lowest BCUT2D eigenvalue weighted by molar-refractivity contribution is 1.18. The van der Waals surface area contributed by atoms with Crippen LogP contribution >= 0.6 is 11.3 Å². The van der Waals surface area contributed by atoms with Gasteiger partial charge in [-0.1, -0.05) is 127 Å². The van der Waals surface area contributed by atoms with Crippen LogP contribution in [0.4, 0.5) is 17.1 Å². The van der Waals surface area contributed by atoms with Gasteiger partial charge in [-0.05, 0) is 106 Å². The van der Waals surface area contributed by atoms with Crippen LogP contribution in [-0.2, 0) is 0 Å². The number of hydrogen-bond acceptors (Lipinski definition) is 2. The Morgan fingerprint density at radius 3 is 1.84 bits per heavy atom. The monoisotopic (exact) mass is 718 g/mol. The highest BCUT2D eigenvalue weighted by atomic mass is 32.1. The van der Waals surface area contributed by atoms with Crippen molar-refractivity contribution in [2.24, 2.45) is 0 Å². The second kappa shape index (κ2) is 12.9. The first kappa shape index (κ1) is 31.6. The molecule has 0 bridgehead atoms. The van der Waals surface area contributed by atoms with Gasteiger partial charge in [-0.15, -0.1) is 11.3 Å². The minimum absolute atomic E-state index is 1.11. The van der Waals surface area contributed by atoms with Crippen molar-refractivity contribution in [2.75, 3.05) is 4.90 Å². The summed E-state index contributed by atoms with van der Waals surface area (Å²) in [6.07, 6.45) is 0. The van der Waals surface area contributed by atoms with Gasteiger partial charge in [-0.25, -0.2) is 0 Å². The molecule has 0 amide bonds. The fraction of sp³-hybridized carbons (Fsp3) is 0. The Kier molecular flexibility index (Phi) is 7.39. The predicted molar refractivity (Wildman–Crippen MR) is 237 cm³/mol. The van der Waals surface area contributed by atoms with Crippen LogP contribution in [0, 0.1) is 0 Å². The maximum absolute atomic E-state index is 2.45. The highest BCUT2D eigenvalue weighted by molar-refractivity contribution is 7.26. The molecule has 0 aliphatic heterocycles. The molecule has 11 rings (SSSR count). The molecule has 0 unspecified atom stereocenters. The van der Waals surface area contributed by atoms with Crippen molar-refractivity contribution in [3.63, 3.8) is 0 Å². The summed E-state index contributed by atoms with van der Waals surface area (Å²) in [4.78, 5) is 2.38. The van der Waals surface area contributed by atoms with Gasteiger partial charge in [0.15, 0.2) is 0 Å². The van der Waals surface area contributed by atoms with E-state index in [9.17, 15) is 0 Å². The summed E-state index contributed by atoms with van der Waals surface area (Å²) in [5.41, 5.74) is 11.7. The van der Waals surface area contributed by atoms with Gasteiger partial charge in [-0.2, -0.15) is 0 Å². The van der Waals surface area contributed by atoms with Crippen LogP contribution in [0.2, 0.25) is 0 Å². The van der Waals surface area contributed by atoms with E-state index >= 15 is 0 Å². The maximum Gasteiger partial charge on any atom is 0.0547 e. The van der Waals surface area contributed by atoms with E-state index in [4.69, 9.17) is 0 Å². The van der Waals surface area contributed by atoms with Crippen LogP contribution in [0.5, 0.6) is 0 Å². The van der Waals surface area contributed by atoms with E-state index in [1.54, 1.807) is 0 Å². The highest BCUT2D eigenvalue weighted by Crippen LogP contribution is 2.45. The van der Waals surface area contributed by atoms with Gasteiger partial charge in [0.05, 0.1) is 16.7 Å². The number of rotatable bonds is 6. The fourth-order valence-electron chi connectivity index (χ4n) is 8.43. The molecule has 0 saturated carbocycles. The van der Waals surface area contributed by atoms with E-state index in [0.717, 1.165) is 22.7 Å². The Balaban J connectivity index is 1.14. The Morgan fingerprint density at radius 2 is 1.02 bits per heavy atom. The van der Waals surface area contributed by atoms with Gasteiger partial charge in [0.25, 0.3) is 0 Å². The zero-order valence-electron chi connectivity index (χ0n) is 29.9. The molecule has 55 heavy (non-hydrogen) atoms. The largest absolute Gasteiger partial charge is 0.310 e. The van der Waals surface area contributed by atoms with Gasteiger partial charge in [0.2, 0.25) is 0 Å². The van der Waals surface area contributed by atoms with Crippen LogP contribution in [0.25, 0.3) is 80.7 Å². The summed E-state index contributed by atoms with van der Waals surface area (Å²) < 4.78 is 5.08. The van der Waals surface area contributed by atoms with Crippen LogP contribution in [0.1, 0.15) is 0 Å². The molecule has 0 radical (unpaired) electrons. The first-order chi connectivity index (χ1) is 27.3. The lowest BCUT2D eigenvalue weighted by atomic mass is 9.98. The molecule has 0 saturated heterocycles. The van der Waals surface area contributed by atoms with Crippen molar-refractivity contribution in [2.45, 2.75) is 0 Å². The third kappa shape index (κ3) is 5.24. The summed E-state index contributed by atoms with van der Waals surface area (Å²) >= 11 is 1.88. The Bertz CT molecular complexity index is 3180. The van der Waals surface area contributed by atoms with Crippen LogP contribution in [-0.4, -0.2) is 4.57 Å². The maximum atomic E-state index is 2.45. The van der Waals surface area contributed by atoms with Gasteiger partial charge in [0.1, 0.15) is 0 Å². The first-order valence-electron chi connectivity index (χ1n) is 18.8. The molecule has 0 spiro atoms. The molecular weight excluding hydrogens is 685 g/mol. The third-order valence-corrected chi connectivity index (χ3v) is 12.1. The Hall–Kier alpha value is -6.94. The number of benzene rings is 9. The van der Waals surface area contributed by atoms with Crippen molar-refractivity contribution >= 4 is 81.1 Å². The van der Waals surface area contributed by atoms with Crippen molar-refractivity contribution < 1.29 is 0 Å². The third-order valence-electron chi connectivity index (χ3n) is 11.0. The number of fused-ring (bicyclic) bond motifs is 8. The normalized spacial score (nSPS) is 11.6. The van der Waals surface area contributed by atoms with E-state index in [-0.39, 0.29) is 0 Å². The number of nitrogens with zero attached hydrogens (tertiary/aromatic N) is 2. The standard InChI is InChI=1S/C52H34N2S/c1-4-14-35(15-5-1)36-24-28-41(29-25-36)53(39-16-6-2-7-17-39)47-22-12-10-20-42(47)37-26-30-48-45(32-37)46-34-44-38(33-49(46)54(48)40-18-8-3-9-19-40)27-31-51-52(44)43-21-11-13-23-50(43)55-51/h1-34H. The number of aromatic nitrogens is 1. The number of anilines is 3. The molecule has 2 aromatic heterocycles. The second-order valence-corrected chi connectivity index (χ2v) is 15.2. The van der Waals surface area contributed by atoms with E-state index in [1.165, 1.54) is 75.0 Å². The smallest absolute Gasteiger partial charge is 0.0547 e. The van der Waals surface area contributed by atoms with Crippen molar-refractivity contribution in [1.82, 2.24) is 4.57 Å². The van der Waals surface area contributed by atoms with Crippen LogP contribution in [0.15, 0.2) is 206 Å². The van der Waals surface area contributed by atoms with Crippen molar-refractivity contribution in [3.05, 3.63) is 206 Å². The highest BCUT2D eigenvalue weighted by Gasteiger charge is 2.20. The quantitative estimate of drug-likeness (QED) is 0.166. The summed E-state index contributed by atoms with van der Waals surface area (Å²) in [5.74, 6) is 0. The summed E-state index contributed by atoms with van der Waals surface area (Å²) in [6.45, 7) is 0. The van der Waals surface area contributed by atoms with Gasteiger partial charge >= 0.3 is 0 Å². The van der Waals surface area contributed by atoms with Gasteiger partial charge in [-0.3, -0.25) is 0 Å². The van der Waals surface area contributed by atoms with E-state index in [0.29, 0.717) is 0 Å². The molecule has 0 atom stereocenters. The topological polar surface area (TPSA) is 8.17 Å². The molecule has 0 aliphatic carbocycles. The van der Waals surface area contributed by atoms with Crippen LogP contribution in [0.3, 0.4) is 0 Å². The number of thiophene rings is 1. The average molecular weight is 719 g/mol. The van der Waals surface area contributed by atoms with E-state index in [2.05, 4.69) is 216 Å². The average Bonchev–Trinajstić information content (AvgIpc) is 3.80. The molecule has 0 aliphatic rings. The predicted octanol–water partition coefficient (Wildman–Crippen LogP) is 15.1. The molecule has 9 aromatic carbocycles. The first-order valence-corrected chi connectivity index (χ1v) is 19.6. The zero-order valence-corrected chi connectivity index (χ0v) is 30.7. The summed E-state index contributed by atoms with van der Waals surface area (Å²) in [6, 6.07) is 75.1. The molecule has 0 fully saturated rings. The van der Waals surface area contributed by atoms with Crippen LogP contribution < -0.4 is 4.90 Å². The molecular formula is C52H34N2S. The Labute approximate surface area is 323 Å². The Morgan fingerprint density at radius 1 is 0.382 bits per heavy atom. The lowest BCUT2D eigenvalue weighted by Crippen LogP contribution is -2.11. The van der Waals surface area contributed by atoms with E-state index in [1.807, 2.05) is 11.3 Å². The minimum Gasteiger partial charge on any atom is -0.310 e. The summed E-state index contributed by atoms with van der Waals surface area (Å²) in [5, 5.41) is 7.72. The molecule has 258 valence electrons. The van der Waals surface area contributed by atoms with Crippen molar-refractivity contribution in [1.29, 1.82) is 0 Å². The summed E-state index contributed by atoms with van der Waals surface area (Å²) in [7, 11) is 0. The van der Waals surface area contributed by atoms with E-state index < -0.39 is 0 Å².